The standard InChI is InChI=1S/C12H19N3S/c1-9-6-15(7-10(2)16-9)8-12-4-3-11(13)5-14-12/h3-5,9-10H,6-8,13H2,1-2H3. The molecule has 1 saturated heterocycles. The topological polar surface area (TPSA) is 42.1 Å². The molecule has 2 rings (SSSR count). The second kappa shape index (κ2) is 5.06. The largest absolute Gasteiger partial charge is 0.397 e. The van der Waals surface area contributed by atoms with Crippen LogP contribution in [0.5, 0.6) is 0 Å². The summed E-state index contributed by atoms with van der Waals surface area (Å²) in [7, 11) is 0. The highest BCUT2D eigenvalue weighted by atomic mass is 32.2. The van der Waals surface area contributed by atoms with Gasteiger partial charge >= 0.3 is 0 Å². The van der Waals surface area contributed by atoms with Gasteiger partial charge in [0.1, 0.15) is 0 Å². The van der Waals surface area contributed by atoms with Gasteiger partial charge in [-0.15, -0.1) is 0 Å². The van der Waals surface area contributed by atoms with E-state index in [0.29, 0.717) is 0 Å². The van der Waals surface area contributed by atoms with Gasteiger partial charge in [0.2, 0.25) is 0 Å². The molecule has 1 fully saturated rings. The molecule has 1 aromatic heterocycles. The summed E-state index contributed by atoms with van der Waals surface area (Å²) in [5.74, 6) is 0. The number of pyridine rings is 1. The maximum Gasteiger partial charge on any atom is 0.0545 e. The van der Waals surface area contributed by atoms with Gasteiger partial charge in [-0.3, -0.25) is 9.88 Å². The van der Waals surface area contributed by atoms with Crippen LogP contribution < -0.4 is 5.73 Å². The summed E-state index contributed by atoms with van der Waals surface area (Å²) in [4.78, 5) is 6.83. The maximum absolute atomic E-state index is 5.62. The van der Waals surface area contributed by atoms with Gasteiger partial charge < -0.3 is 5.73 Å². The van der Waals surface area contributed by atoms with Crippen molar-refractivity contribution in [1.29, 1.82) is 0 Å². The SMILES string of the molecule is CC1CN(Cc2ccc(N)cn2)CC(C)S1. The summed E-state index contributed by atoms with van der Waals surface area (Å²) in [6.07, 6.45) is 1.74. The fourth-order valence-corrected chi connectivity index (χ4v) is 3.56. The van der Waals surface area contributed by atoms with Gasteiger partial charge in [-0.05, 0) is 12.1 Å². The second-order valence-corrected chi connectivity index (χ2v) is 6.42. The molecule has 88 valence electrons. The average molecular weight is 237 g/mol. The van der Waals surface area contributed by atoms with Crippen LogP contribution in [0.3, 0.4) is 0 Å². The molecular weight excluding hydrogens is 218 g/mol. The van der Waals surface area contributed by atoms with Crippen LogP contribution in [0, 0.1) is 0 Å². The Balaban J connectivity index is 1.96. The fourth-order valence-electron chi connectivity index (χ4n) is 2.17. The third-order valence-electron chi connectivity index (χ3n) is 2.73. The van der Waals surface area contributed by atoms with E-state index in [0.717, 1.165) is 41.5 Å². The smallest absolute Gasteiger partial charge is 0.0545 e. The van der Waals surface area contributed by atoms with Crippen LogP contribution in [0.4, 0.5) is 5.69 Å². The number of nitrogens with two attached hydrogens (primary N) is 1. The molecule has 4 heteroatoms. The molecule has 0 aliphatic carbocycles. The van der Waals surface area contributed by atoms with Crippen molar-refractivity contribution in [2.45, 2.75) is 30.9 Å². The Morgan fingerprint density at radius 2 is 2.06 bits per heavy atom. The van der Waals surface area contributed by atoms with Crippen molar-refractivity contribution >= 4 is 17.4 Å². The molecular formula is C12H19N3S. The van der Waals surface area contributed by atoms with Crippen molar-refractivity contribution in [3.63, 3.8) is 0 Å². The van der Waals surface area contributed by atoms with E-state index in [1.54, 1.807) is 6.20 Å². The zero-order valence-corrected chi connectivity index (χ0v) is 10.7. The Hall–Kier alpha value is -0.740. The van der Waals surface area contributed by atoms with Gasteiger partial charge in [0.05, 0.1) is 17.6 Å². The van der Waals surface area contributed by atoms with Crippen molar-refractivity contribution in [3.8, 4) is 0 Å². The van der Waals surface area contributed by atoms with E-state index in [-0.39, 0.29) is 0 Å². The lowest BCUT2D eigenvalue weighted by Crippen LogP contribution is -2.39. The summed E-state index contributed by atoms with van der Waals surface area (Å²) in [6, 6.07) is 3.94. The van der Waals surface area contributed by atoms with Crippen LogP contribution in [-0.2, 0) is 6.54 Å². The molecule has 0 bridgehead atoms. The minimum absolute atomic E-state index is 0.720. The van der Waals surface area contributed by atoms with E-state index >= 15 is 0 Å². The van der Waals surface area contributed by atoms with Crippen molar-refractivity contribution in [1.82, 2.24) is 9.88 Å². The summed E-state index contributed by atoms with van der Waals surface area (Å²) in [5.41, 5.74) is 7.47. The average Bonchev–Trinajstić information content (AvgIpc) is 2.20. The Morgan fingerprint density at radius 3 is 2.62 bits per heavy atom. The number of thioether (sulfide) groups is 1. The fraction of sp³-hybridized carbons (Fsp3) is 0.583. The van der Waals surface area contributed by atoms with E-state index < -0.39 is 0 Å². The first-order chi connectivity index (χ1) is 7.63. The number of hydrogen-bond donors (Lipinski definition) is 1. The van der Waals surface area contributed by atoms with E-state index in [4.69, 9.17) is 5.73 Å². The number of nitrogen functional groups attached to an aromatic ring is 1. The highest BCUT2D eigenvalue weighted by Crippen LogP contribution is 2.25. The van der Waals surface area contributed by atoms with Gasteiger partial charge in [0.25, 0.3) is 0 Å². The van der Waals surface area contributed by atoms with E-state index in [2.05, 4.69) is 35.5 Å². The Kier molecular flexibility index (Phi) is 3.71. The highest BCUT2D eigenvalue weighted by molar-refractivity contribution is 8.00. The van der Waals surface area contributed by atoms with Crippen LogP contribution in [0.1, 0.15) is 19.5 Å². The lowest BCUT2D eigenvalue weighted by atomic mass is 10.2. The summed E-state index contributed by atoms with van der Waals surface area (Å²) in [5, 5.41) is 1.44. The minimum atomic E-state index is 0.720. The first-order valence-corrected chi connectivity index (χ1v) is 6.66. The predicted octanol–water partition coefficient (Wildman–Crippen LogP) is 1.99. The highest BCUT2D eigenvalue weighted by Gasteiger charge is 2.22. The predicted molar refractivity (Wildman–Crippen MR) is 70.4 cm³/mol. The summed E-state index contributed by atoms with van der Waals surface area (Å²) in [6.45, 7) is 7.84. The van der Waals surface area contributed by atoms with Crippen molar-refractivity contribution < 1.29 is 0 Å². The van der Waals surface area contributed by atoms with Crippen LogP contribution in [0.25, 0.3) is 0 Å². The van der Waals surface area contributed by atoms with E-state index in [1.807, 2.05) is 12.1 Å². The lowest BCUT2D eigenvalue weighted by molar-refractivity contribution is 0.260. The molecule has 1 aliphatic heterocycles. The molecule has 0 aromatic carbocycles. The number of rotatable bonds is 2. The third-order valence-corrected chi connectivity index (χ3v) is 3.96. The van der Waals surface area contributed by atoms with Gasteiger partial charge in [0.15, 0.2) is 0 Å². The van der Waals surface area contributed by atoms with Crippen molar-refractivity contribution in [3.05, 3.63) is 24.0 Å². The van der Waals surface area contributed by atoms with Crippen LogP contribution in [0.15, 0.2) is 18.3 Å². The molecule has 2 N–H and O–H groups in total. The van der Waals surface area contributed by atoms with E-state index in [1.165, 1.54) is 0 Å². The summed E-state index contributed by atoms with van der Waals surface area (Å²) >= 11 is 2.08. The third kappa shape index (κ3) is 3.12. The monoisotopic (exact) mass is 237 g/mol. The van der Waals surface area contributed by atoms with Crippen molar-refractivity contribution in [2.75, 3.05) is 18.8 Å². The molecule has 2 unspecified atom stereocenters. The molecule has 1 aliphatic rings. The van der Waals surface area contributed by atoms with Crippen LogP contribution in [0.2, 0.25) is 0 Å². The quantitative estimate of drug-likeness (QED) is 0.854. The van der Waals surface area contributed by atoms with Gasteiger partial charge in [-0.25, -0.2) is 0 Å². The number of nitrogens with zero attached hydrogens (tertiary/aromatic N) is 2. The van der Waals surface area contributed by atoms with Gasteiger partial charge in [0, 0.05) is 30.1 Å². The normalized spacial score (nSPS) is 26.9. The lowest BCUT2D eigenvalue weighted by Gasteiger charge is -2.34. The zero-order chi connectivity index (χ0) is 11.5. The second-order valence-electron chi connectivity index (χ2n) is 4.53. The maximum atomic E-state index is 5.62. The van der Waals surface area contributed by atoms with Crippen molar-refractivity contribution in [2.24, 2.45) is 0 Å². The Bertz CT molecular complexity index is 329. The number of aromatic nitrogens is 1. The number of anilines is 1. The molecule has 3 nitrogen and oxygen atoms in total. The number of hydrogen-bond acceptors (Lipinski definition) is 4. The van der Waals surface area contributed by atoms with Gasteiger partial charge in [-0.2, -0.15) is 11.8 Å². The Labute approximate surface area is 101 Å². The summed E-state index contributed by atoms with van der Waals surface area (Å²) < 4.78 is 0. The molecule has 0 spiro atoms. The van der Waals surface area contributed by atoms with Crippen LogP contribution >= 0.6 is 11.8 Å². The molecule has 0 radical (unpaired) electrons. The van der Waals surface area contributed by atoms with Crippen LogP contribution in [-0.4, -0.2) is 33.5 Å². The first-order valence-electron chi connectivity index (χ1n) is 5.71. The molecule has 0 amide bonds. The zero-order valence-electron chi connectivity index (χ0n) is 9.89. The molecule has 16 heavy (non-hydrogen) atoms. The first kappa shape index (κ1) is 11.7. The van der Waals surface area contributed by atoms with Gasteiger partial charge in [-0.1, -0.05) is 13.8 Å². The van der Waals surface area contributed by atoms with E-state index in [9.17, 15) is 0 Å². The molecule has 2 atom stereocenters. The minimum Gasteiger partial charge on any atom is -0.397 e. The Morgan fingerprint density at radius 1 is 1.38 bits per heavy atom. The molecule has 1 aromatic rings. The molecule has 0 saturated carbocycles. The molecule has 2 heterocycles.